The normalized spacial score (nSPS) is 12.1. The molecule has 0 aliphatic rings. The maximum Gasteiger partial charge on any atom is 0.258 e. The molecule has 2 aromatic heterocycles. The third-order valence-electron chi connectivity index (χ3n) is 2.59. The van der Waals surface area contributed by atoms with Crippen molar-refractivity contribution < 1.29 is 9.26 Å². The second-order valence-corrected chi connectivity index (χ2v) is 3.85. The summed E-state index contributed by atoms with van der Waals surface area (Å²) in [6, 6.07) is 5.30. The molecule has 0 amide bonds. The lowest BCUT2D eigenvalue weighted by Crippen LogP contribution is -2.04. The molecule has 2 heterocycles. The summed E-state index contributed by atoms with van der Waals surface area (Å²) in [4.78, 5) is 8.20. The Labute approximate surface area is 111 Å². The number of aromatic nitrogens is 3. The van der Waals surface area contributed by atoms with E-state index in [1.807, 2.05) is 19.9 Å². The van der Waals surface area contributed by atoms with Gasteiger partial charge < -0.3 is 9.26 Å². The van der Waals surface area contributed by atoms with Crippen molar-refractivity contribution >= 4 is 0 Å². The second kappa shape index (κ2) is 6.07. The maximum atomic E-state index is 8.81. The summed E-state index contributed by atoms with van der Waals surface area (Å²) in [6.07, 6.45) is 2.14. The van der Waals surface area contributed by atoms with Crippen LogP contribution in [0, 0.1) is 11.3 Å². The molecule has 0 aromatic carbocycles. The van der Waals surface area contributed by atoms with E-state index in [1.54, 1.807) is 12.1 Å². The van der Waals surface area contributed by atoms with Gasteiger partial charge in [0.25, 0.3) is 5.89 Å². The van der Waals surface area contributed by atoms with Crippen LogP contribution in [0.3, 0.4) is 0 Å². The molecule has 0 saturated heterocycles. The molecular formula is C13H14N4O2. The SMILES string of the molecule is CCOC(CC)c1noc(-c2ccnc(C#N)c2)n1. The predicted molar refractivity (Wildman–Crippen MR) is 66.9 cm³/mol. The Hall–Kier alpha value is -2.26. The van der Waals surface area contributed by atoms with E-state index >= 15 is 0 Å². The number of hydrogen-bond acceptors (Lipinski definition) is 6. The lowest BCUT2D eigenvalue weighted by atomic mass is 10.2. The summed E-state index contributed by atoms with van der Waals surface area (Å²) >= 11 is 0. The zero-order valence-electron chi connectivity index (χ0n) is 10.8. The van der Waals surface area contributed by atoms with Gasteiger partial charge in [-0.15, -0.1) is 0 Å². The molecule has 0 aliphatic carbocycles. The van der Waals surface area contributed by atoms with Gasteiger partial charge in [0.1, 0.15) is 17.9 Å². The number of ether oxygens (including phenoxy) is 1. The molecule has 0 saturated carbocycles. The fourth-order valence-corrected chi connectivity index (χ4v) is 1.68. The maximum absolute atomic E-state index is 8.81. The second-order valence-electron chi connectivity index (χ2n) is 3.85. The quantitative estimate of drug-likeness (QED) is 0.819. The Kier molecular flexibility index (Phi) is 4.21. The number of hydrogen-bond donors (Lipinski definition) is 0. The molecule has 19 heavy (non-hydrogen) atoms. The van der Waals surface area contributed by atoms with Crippen molar-refractivity contribution in [2.24, 2.45) is 0 Å². The van der Waals surface area contributed by atoms with E-state index in [1.165, 1.54) is 6.20 Å². The minimum absolute atomic E-state index is 0.167. The van der Waals surface area contributed by atoms with E-state index in [4.69, 9.17) is 14.5 Å². The van der Waals surface area contributed by atoms with Crippen molar-refractivity contribution in [2.45, 2.75) is 26.4 Å². The summed E-state index contributed by atoms with van der Waals surface area (Å²) in [6.45, 7) is 4.51. The van der Waals surface area contributed by atoms with Crippen molar-refractivity contribution in [3.63, 3.8) is 0 Å². The third-order valence-corrected chi connectivity index (χ3v) is 2.59. The summed E-state index contributed by atoms with van der Waals surface area (Å²) in [7, 11) is 0. The number of nitrogens with zero attached hydrogens (tertiary/aromatic N) is 4. The van der Waals surface area contributed by atoms with E-state index in [2.05, 4.69) is 15.1 Å². The Morgan fingerprint density at radius 2 is 2.32 bits per heavy atom. The van der Waals surface area contributed by atoms with Gasteiger partial charge in [-0.1, -0.05) is 12.1 Å². The summed E-state index contributed by atoms with van der Waals surface area (Å²) in [5.74, 6) is 0.890. The van der Waals surface area contributed by atoms with Crippen molar-refractivity contribution in [3.05, 3.63) is 29.8 Å². The zero-order valence-corrected chi connectivity index (χ0v) is 10.8. The topological polar surface area (TPSA) is 84.8 Å². The average molecular weight is 258 g/mol. The highest BCUT2D eigenvalue weighted by molar-refractivity contribution is 5.54. The van der Waals surface area contributed by atoms with Crippen LogP contribution in [0.5, 0.6) is 0 Å². The van der Waals surface area contributed by atoms with Crippen LogP contribution in [-0.2, 0) is 4.74 Å². The Balaban J connectivity index is 2.27. The molecule has 2 aromatic rings. The number of pyridine rings is 1. The molecule has 98 valence electrons. The Morgan fingerprint density at radius 1 is 1.47 bits per heavy atom. The molecule has 6 nitrogen and oxygen atoms in total. The first kappa shape index (κ1) is 13.2. The molecular weight excluding hydrogens is 244 g/mol. The van der Waals surface area contributed by atoms with E-state index in [-0.39, 0.29) is 6.10 Å². The van der Waals surface area contributed by atoms with Crippen molar-refractivity contribution in [2.75, 3.05) is 6.61 Å². The average Bonchev–Trinajstić information content (AvgIpc) is 2.94. The van der Waals surface area contributed by atoms with E-state index in [9.17, 15) is 0 Å². The minimum Gasteiger partial charge on any atom is -0.370 e. The van der Waals surface area contributed by atoms with Crippen LogP contribution in [0.4, 0.5) is 0 Å². The van der Waals surface area contributed by atoms with Crippen LogP contribution in [0.25, 0.3) is 11.5 Å². The van der Waals surface area contributed by atoms with Crippen LogP contribution in [0.15, 0.2) is 22.9 Å². The highest BCUT2D eigenvalue weighted by atomic mass is 16.5. The molecule has 1 unspecified atom stereocenters. The molecule has 0 spiro atoms. The van der Waals surface area contributed by atoms with Crippen molar-refractivity contribution in [1.29, 1.82) is 5.26 Å². The predicted octanol–water partition coefficient (Wildman–Crippen LogP) is 2.49. The molecule has 0 fully saturated rings. The first-order valence-corrected chi connectivity index (χ1v) is 6.10. The molecule has 0 N–H and O–H groups in total. The van der Waals surface area contributed by atoms with Crippen LogP contribution in [0.2, 0.25) is 0 Å². The van der Waals surface area contributed by atoms with Gasteiger partial charge >= 0.3 is 0 Å². The standard InChI is InChI=1S/C13H14N4O2/c1-3-11(18-4-2)12-16-13(19-17-12)9-5-6-15-10(7-9)8-14/h5-7,11H,3-4H2,1-2H3. The highest BCUT2D eigenvalue weighted by Crippen LogP contribution is 2.22. The van der Waals surface area contributed by atoms with Crippen LogP contribution in [0.1, 0.15) is 37.9 Å². The fraction of sp³-hybridized carbons (Fsp3) is 0.385. The smallest absolute Gasteiger partial charge is 0.258 e. The van der Waals surface area contributed by atoms with Gasteiger partial charge in [0.15, 0.2) is 0 Å². The van der Waals surface area contributed by atoms with Gasteiger partial charge in [0.05, 0.1) is 0 Å². The van der Waals surface area contributed by atoms with Crippen LogP contribution in [-0.4, -0.2) is 21.7 Å². The molecule has 2 rings (SSSR count). The highest BCUT2D eigenvalue weighted by Gasteiger charge is 2.17. The van der Waals surface area contributed by atoms with Gasteiger partial charge in [-0.3, -0.25) is 0 Å². The molecule has 6 heteroatoms. The molecule has 0 aliphatic heterocycles. The summed E-state index contributed by atoms with van der Waals surface area (Å²) < 4.78 is 10.7. The van der Waals surface area contributed by atoms with Crippen LogP contribution < -0.4 is 0 Å². The third kappa shape index (κ3) is 2.95. The molecule has 0 bridgehead atoms. The summed E-state index contributed by atoms with van der Waals surface area (Å²) in [5.41, 5.74) is 0.991. The number of rotatable bonds is 5. The first-order chi connectivity index (χ1) is 9.28. The summed E-state index contributed by atoms with van der Waals surface area (Å²) in [5, 5.41) is 12.7. The molecule has 0 radical (unpaired) electrons. The van der Waals surface area contributed by atoms with Crippen molar-refractivity contribution in [1.82, 2.24) is 15.1 Å². The van der Waals surface area contributed by atoms with E-state index in [0.29, 0.717) is 29.6 Å². The van der Waals surface area contributed by atoms with Crippen molar-refractivity contribution in [3.8, 4) is 17.5 Å². The van der Waals surface area contributed by atoms with E-state index in [0.717, 1.165) is 6.42 Å². The van der Waals surface area contributed by atoms with Gasteiger partial charge in [-0.25, -0.2) is 4.98 Å². The van der Waals surface area contributed by atoms with Crippen LogP contribution >= 0.6 is 0 Å². The lowest BCUT2D eigenvalue weighted by Gasteiger charge is -2.09. The largest absolute Gasteiger partial charge is 0.370 e. The number of nitriles is 1. The first-order valence-electron chi connectivity index (χ1n) is 6.10. The minimum atomic E-state index is -0.167. The Bertz CT molecular complexity index is 588. The van der Waals surface area contributed by atoms with E-state index < -0.39 is 0 Å². The van der Waals surface area contributed by atoms with Gasteiger partial charge in [0.2, 0.25) is 5.82 Å². The lowest BCUT2D eigenvalue weighted by molar-refractivity contribution is 0.0518. The molecule has 1 atom stereocenters. The fourth-order valence-electron chi connectivity index (χ4n) is 1.68. The van der Waals surface area contributed by atoms with Gasteiger partial charge in [0, 0.05) is 18.4 Å². The van der Waals surface area contributed by atoms with Gasteiger partial charge in [-0.2, -0.15) is 10.2 Å². The Morgan fingerprint density at radius 3 is 3.00 bits per heavy atom. The van der Waals surface area contributed by atoms with Gasteiger partial charge in [-0.05, 0) is 25.5 Å². The zero-order chi connectivity index (χ0) is 13.7. The monoisotopic (exact) mass is 258 g/mol.